The highest BCUT2D eigenvalue weighted by atomic mass is 79.9. The van der Waals surface area contributed by atoms with Crippen molar-refractivity contribution in [3.63, 3.8) is 0 Å². The maximum atomic E-state index is 13.4. The Morgan fingerprint density at radius 2 is 1.55 bits per heavy atom. The number of nitrogens with zero attached hydrogens (tertiary/aromatic N) is 1. The highest BCUT2D eigenvalue weighted by molar-refractivity contribution is 9.10. The number of hydrogen-bond acceptors (Lipinski definition) is 3. The fraction of sp³-hybridized carbons (Fsp3) is 0.0800. The number of halogens is 1. The van der Waals surface area contributed by atoms with E-state index in [0.717, 1.165) is 21.2 Å². The quantitative estimate of drug-likeness (QED) is 0.565. The van der Waals surface area contributed by atoms with Gasteiger partial charge in [0.25, 0.3) is 5.91 Å². The van der Waals surface area contributed by atoms with E-state index in [1.165, 1.54) is 36.1 Å². The lowest BCUT2D eigenvalue weighted by Crippen LogP contribution is -2.36. The molecule has 1 N–H and O–H groups in total. The monoisotopic (exact) mass is 475 g/mol. The topological polar surface area (TPSA) is 74.7 Å². The maximum Gasteiger partial charge on any atom is 0.335 e. The predicted molar refractivity (Wildman–Crippen MR) is 121 cm³/mol. The van der Waals surface area contributed by atoms with E-state index in [4.69, 9.17) is 5.11 Å². The van der Waals surface area contributed by atoms with Crippen LogP contribution in [0.4, 0.5) is 0 Å². The van der Waals surface area contributed by atoms with Crippen molar-refractivity contribution in [3.8, 4) is 0 Å². The number of rotatable bonds is 4. The first-order valence-electron chi connectivity index (χ1n) is 9.61. The molecule has 6 heteroatoms. The zero-order chi connectivity index (χ0) is 22.1. The van der Waals surface area contributed by atoms with Gasteiger partial charge in [-0.15, -0.1) is 0 Å². The molecule has 4 rings (SSSR count). The summed E-state index contributed by atoms with van der Waals surface area (Å²) in [5, 5.41) is 9.12. The smallest absolute Gasteiger partial charge is 0.335 e. The normalized spacial score (nSPS) is 13.0. The zero-order valence-corrected chi connectivity index (χ0v) is 18.2. The molecule has 5 nitrogen and oxygen atoms in total. The lowest BCUT2D eigenvalue weighted by Gasteiger charge is -2.33. The van der Waals surface area contributed by atoms with Gasteiger partial charge in [-0.2, -0.15) is 0 Å². The first kappa shape index (κ1) is 20.8. The largest absolute Gasteiger partial charge is 0.478 e. The summed E-state index contributed by atoms with van der Waals surface area (Å²) in [6, 6.07) is 21.0. The Balaban J connectivity index is 1.90. The van der Waals surface area contributed by atoms with Crippen LogP contribution in [0.2, 0.25) is 0 Å². The molecule has 1 aliphatic rings. The van der Waals surface area contributed by atoms with Crippen LogP contribution < -0.4 is 0 Å². The molecule has 154 valence electrons. The van der Waals surface area contributed by atoms with Crippen molar-refractivity contribution < 1.29 is 19.5 Å². The third-order valence-corrected chi connectivity index (χ3v) is 5.69. The molecule has 0 spiro atoms. The Kier molecular flexibility index (Phi) is 5.57. The third-order valence-electron chi connectivity index (χ3n) is 5.20. The predicted octanol–water partition coefficient (Wildman–Crippen LogP) is 5.15. The lowest BCUT2D eigenvalue weighted by molar-refractivity contribution is -0.114. The number of carbonyl (C=O) groups excluding carboxylic acids is 2. The van der Waals surface area contributed by atoms with Crippen molar-refractivity contribution >= 4 is 39.2 Å². The molecule has 0 radical (unpaired) electrons. The molecule has 0 saturated carbocycles. The van der Waals surface area contributed by atoms with Crippen molar-refractivity contribution in [3.05, 3.63) is 111 Å². The van der Waals surface area contributed by atoms with Gasteiger partial charge in [-0.3, -0.25) is 14.5 Å². The number of allylic oxidation sites excluding steroid dienone is 1. The molecular weight excluding hydrogens is 458 g/mol. The van der Waals surface area contributed by atoms with Gasteiger partial charge in [0.1, 0.15) is 0 Å². The van der Waals surface area contributed by atoms with Crippen LogP contribution in [0.25, 0.3) is 5.57 Å². The molecule has 0 unspecified atom stereocenters. The minimum absolute atomic E-state index is 0.0951. The van der Waals surface area contributed by atoms with E-state index in [2.05, 4.69) is 15.9 Å². The van der Waals surface area contributed by atoms with Crippen LogP contribution in [0.15, 0.2) is 83.0 Å². The molecule has 1 amide bonds. The Bertz CT molecular complexity index is 1230. The second-order valence-corrected chi connectivity index (χ2v) is 8.14. The van der Waals surface area contributed by atoms with Crippen molar-refractivity contribution in [1.82, 2.24) is 4.90 Å². The Morgan fingerprint density at radius 3 is 2.16 bits per heavy atom. The van der Waals surface area contributed by atoms with Gasteiger partial charge < -0.3 is 5.11 Å². The van der Waals surface area contributed by atoms with E-state index >= 15 is 0 Å². The molecule has 0 bridgehead atoms. The van der Waals surface area contributed by atoms with Crippen LogP contribution in [0.1, 0.15) is 44.3 Å². The number of benzene rings is 3. The van der Waals surface area contributed by atoms with Crippen molar-refractivity contribution in [1.29, 1.82) is 0 Å². The van der Waals surface area contributed by atoms with Crippen LogP contribution in [-0.4, -0.2) is 27.7 Å². The standard InChI is InChI=1S/C25H18BrNO4/c1-15(28)23-22(16-5-3-2-4-6-16)21-13-20(26)12-11-19(21)14-27(23)24(29)17-7-9-18(10-8-17)25(30)31/h2-13H,14H2,1H3,(H,30,31). The highest BCUT2D eigenvalue weighted by Crippen LogP contribution is 2.38. The zero-order valence-electron chi connectivity index (χ0n) is 16.6. The number of carboxylic acids is 1. The molecule has 0 fully saturated rings. The lowest BCUT2D eigenvalue weighted by atomic mass is 9.87. The molecular formula is C25H18BrNO4. The fourth-order valence-corrected chi connectivity index (χ4v) is 4.14. The minimum Gasteiger partial charge on any atom is -0.478 e. The fourth-order valence-electron chi connectivity index (χ4n) is 3.78. The third kappa shape index (κ3) is 3.94. The Morgan fingerprint density at radius 1 is 0.903 bits per heavy atom. The maximum absolute atomic E-state index is 13.4. The van der Waals surface area contributed by atoms with Gasteiger partial charge in [0.05, 0.1) is 17.8 Å². The summed E-state index contributed by atoms with van der Waals surface area (Å²) in [5.74, 6) is -1.64. The first-order valence-corrected chi connectivity index (χ1v) is 10.4. The molecule has 0 aliphatic carbocycles. The van der Waals surface area contributed by atoms with E-state index in [1.807, 2.05) is 48.5 Å². The van der Waals surface area contributed by atoms with Crippen molar-refractivity contribution in [2.75, 3.05) is 0 Å². The van der Waals surface area contributed by atoms with Crippen molar-refractivity contribution in [2.45, 2.75) is 13.5 Å². The number of hydrogen-bond donors (Lipinski definition) is 1. The molecule has 0 atom stereocenters. The summed E-state index contributed by atoms with van der Waals surface area (Å²) in [5.41, 5.74) is 4.09. The summed E-state index contributed by atoms with van der Waals surface area (Å²) in [7, 11) is 0. The van der Waals surface area contributed by atoms with E-state index in [0.29, 0.717) is 16.8 Å². The number of ketones is 1. The number of aromatic carboxylic acids is 1. The van der Waals surface area contributed by atoms with Gasteiger partial charge in [0.15, 0.2) is 5.78 Å². The van der Waals surface area contributed by atoms with E-state index in [-0.39, 0.29) is 23.8 Å². The van der Waals surface area contributed by atoms with Crippen LogP contribution in [0.5, 0.6) is 0 Å². The molecule has 0 aromatic heterocycles. The van der Waals surface area contributed by atoms with Gasteiger partial charge in [0.2, 0.25) is 0 Å². The summed E-state index contributed by atoms with van der Waals surface area (Å²) in [6.45, 7) is 1.70. The molecule has 1 heterocycles. The minimum atomic E-state index is -1.06. The number of carboxylic acid groups (broad SMARTS) is 1. The summed E-state index contributed by atoms with van der Waals surface area (Å²) in [6.07, 6.45) is 0. The Labute approximate surface area is 187 Å². The van der Waals surface area contributed by atoms with E-state index in [1.54, 1.807) is 0 Å². The summed E-state index contributed by atoms with van der Waals surface area (Å²) >= 11 is 3.51. The average molecular weight is 476 g/mol. The molecule has 3 aromatic rings. The van der Waals surface area contributed by atoms with E-state index < -0.39 is 5.97 Å². The molecule has 3 aromatic carbocycles. The van der Waals surface area contributed by atoms with Gasteiger partial charge in [-0.05, 0) is 53.1 Å². The number of carbonyl (C=O) groups is 3. The number of Topliss-reactive ketones (excluding diaryl/α,β-unsaturated/α-hetero) is 1. The SMILES string of the molecule is CC(=O)C1=C(c2ccccc2)c2cc(Br)ccc2CN1C(=O)c1ccc(C(=O)O)cc1. The van der Waals surface area contributed by atoms with Crippen LogP contribution in [-0.2, 0) is 11.3 Å². The average Bonchev–Trinajstić information content (AvgIpc) is 2.77. The molecule has 31 heavy (non-hydrogen) atoms. The Hall–Kier alpha value is -3.51. The van der Waals surface area contributed by atoms with Gasteiger partial charge in [0, 0.05) is 22.5 Å². The summed E-state index contributed by atoms with van der Waals surface area (Å²) < 4.78 is 0.881. The number of fused-ring (bicyclic) bond motifs is 1. The van der Waals surface area contributed by atoms with Gasteiger partial charge in [-0.25, -0.2) is 4.79 Å². The number of amides is 1. The first-order chi connectivity index (χ1) is 14.9. The van der Waals surface area contributed by atoms with Crippen molar-refractivity contribution in [2.24, 2.45) is 0 Å². The van der Waals surface area contributed by atoms with Gasteiger partial charge >= 0.3 is 5.97 Å². The van der Waals surface area contributed by atoms with E-state index in [9.17, 15) is 14.4 Å². The molecule has 1 aliphatic heterocycles. The van der Waals surface area contributed by atoms with Crippen LogP contribution >= 0.6 is 15.9 Å². The van der Waals surface area contributed by atoms with Crippen LogP contribution in [0, 0.1) is 0 Å². The second kappa shape index (κ2) is 8.32. The second-order valence-electron chi connectivity index (χ2n) is 7.22. The summed E-state index contributed by atoms with van der Waals surface area (Å²) in [4.78, 5) is 38.9. The molecule has 0 saturated heterocycles. The van der Waals surface area contributed by atoms with Crippen LogP contribution in [0.3, 0.4) is 0 Å². The highest BCUT2D eigenvalue weighted by Gasteiger charge is 2.32. The van der Waals surface area contributed by atoms with Gasteiger partial charge in [-0.1, -0.05) is 52.3 Å².